The Morgan fingerprint density at radius 1 is 1.20 bits per heavy atom. The van der Waals surface area contributed by atoms with Crippen molar-refractivity contribution in [2.24, 2.45) is 7.05 Å². The Bertz CT molecular complexity index is 1050. The van der Waals surface area contributed by atoms with Crippen molar-refractivity contribution in [1.29, 1.82) is 5.26 Å². The van der Waals surface area contributed by atoms with Crippen LogP contribution in [0.5, 0.6) is 5.75 Å². The van der Waals surface area contributed by atoms with Crippen LogP contribution in [0.4, 0.5) is 0 Å². The molecule has 3 heterocycles. The Kier molecular flexibility index (Phi) is 7.27. The molecule has 3 aromatic rings. The first-order valence-electron chi connectivity index (χ1n) is 9.95. The zero-order chi connectivity index (χ0) is 20.2. The van der Waals surface area contributed by atoms with Crippen molar-refractivity contribution in [3.8, 4) is 23.1 Å². The third kappa shape index (κ3) is 4.73. The average molecular weight is 428 g/mol. The van der Waals surface area contributed by atoms with Gasteiger partial charge in [-0.2, -0.15) is 5.26 Å². The Labute approximate surface area is 182 Å². The molecule has 8 heteroatoms. The van der Waals surface area contributed by atoms with Crippen LogP contribution in [0.3, 0.4) is 0 Å². The van der Waals surface area contributed by atoms with Crippen molar-refractivity contribution in [2.75, 3.05) is 26.3 Å². The van der Waals surface area contributed by atoms with Gasteiger partial charge >= 0.3 is 0 Å². The fourth-order valence-electron chi connectivity index (χ4n) is 3.69. The van der Waals surface area contributed by atoms with Crippen molar-refractivity contribution in [1.82, 2.24) is 19.9 Å². The molecule has 1 N–H and O–H groups in total. The number of nitriles is 1. The lowest BCUT2D eigenvalue weighted by atomic mass is 10.1. The van der Waals surface area contributed by atoms with E-state index in [4.69, 9.17) is 9.47 Å². The summed E-state index contributed by atoms with van der Waals surface area (Å²) in [6.45, 7) is 5.18. The van der Waals surface area contributed by atoms with Crippen molar-refractivity contribution >= 4 is 23.4 Å². The number of aryl methyl sites for hydroxylation is 2. The van der Waals surface area contributed by atoms with E-state index in [9.17, 15) is 5.26 Å². The summed E-state index contributed by atoms with van der Waals surface area (Å²) in [4.78, 5) is 8.77. The van der Waals surface area contributed by atoms with Crippen LogP contribution in [-0.4, -0.2) is 46.9 Å². The maximum absolute atomic E-state index is 9.29. The second-order valence-corrected chi connectivity index (χ2v) is 7.32. The smallest absolute Gasteiger partial charge is 0.234 e. The second kappa shape index (κ2) is 9.90. The van der Waals surface area contributed by atoms with Gasteiger partial charge in [0.25, 0.3) is 0 Å². The lowest BCUT2D eigenvalue weighted by Crippen LogP contribution is -2.33. The first-order valence-corrected chi connectivity index (χ1v) is 9.95. The summed E-state index contributed by atoms with van der Waals surface area (Å²) in [6.07, 6.45) is 4.39. The zero-order valence-electron chi connectivity index (χ0n) is 17.2. The van der Waals surface area contributed by atoms with E-state index in [0.717, 1.165) is 59.5 Å². The maximum atomic E-state index is 9.29. The van der Waals surface area contributed by atoms with Crippen LogP contribution in [0.25, 0.3) is 22.3 Å². The summed E-state index contributed by atoms with van der Waals surface area (Å²) in [6, 6.07) is 10.0. The highest BCUT2D eigenvalue weighted by Gasteiger charge is 2.15. The molecule has 0 spiro atoms. The van der Waals surface area contributed by atoms with Gasteiger partial charge in [0.2, 0.25) is 5.82 Å². The van der Waals surface area contributed by atoms with Crippen molar-refractivity contribution in [3.63, 3.8) is 0 Å². The molecular weight excluding hydrogens is 402 g/mol. The van der Waals surface area contributed by atoms with Crippen molar-refractivity contribution in [2.45, 2.75) is 25.9 Å². The van der Waals surface area contributed by atoms with Gasteiger partial charge in [-0.15, -0.1) is 12.4 Å². The van der Waals surface area contributed by atoms with E-state index < -0.39 is 0 Å². The monoisotopic (exact) mass is 427 g/mol. The fraction of sp³-hybridized carbons (Fsp3) is 0.409. The largest absolute Gasteiger partial charge is 0.491 e. The van der Waals surface area contributed by atoms with Gasteiger partial charge in [0.15, 0.2) is 0 Å². The van der Waals surface area contributed by atoms with E-state index in [1.807, 2.05) is 49.0 Å². The van der Waals surface area contributed by atoms with Gasteiger partial charge in [-0.1, -0.05) is 0 Å². The minimum atomic E-state index is 0. The lowest BCUT2D eigenvalue weighted by Gasteiger charge is -2.23. The molecule has 30 heavy (non-hydrogen) atoms. The molecular formula is C22H26ClN5O2. The summed E-state index contributed by atoms with van der Waals surface area (Å²) in [7, 11) is 1.91. The number of hydrogen-bond acceptors (Lipinski definition) is 6. The van der Waals surface area contributed by atoms with Gasteiger partial charge in [0.1, 0.15) is 24.1 Å². The molecule has 0 bridgehead atoms. The van der Waals surface area contributed by atoms with Crippen LogP contribution < -0.4 is 10.1 Å². The highest BCUT2D eigenvalue weighted by atomic mass is 35.5. The van der Waals surface area contributed by atoms with Crippen LogP contribution in [-0.2, 0) is 11.8 Å². The third-order valence-corrected chi connectivity index (χ3v) is 5.25. The SMILES string of the molecule is Cc1cc(-c2nc(C#N)nc3c2ccn3C)ccc1OCCOC1CCNCC1.Cl. The number of fused-ring (bicyclic) bond motifs is 1. The lowest BCUT2D eigenvalue weighted by molar-refractivity contribution is 0.0167. The molecule has 4 rings (SSSR count). The molecule has 0 aliphatic carbocycles. The normalized spacial score (nSPS) is 14.3. The number of aromatic nitrogens is 3. The summed E-state index contributed by atoms with van der Waals surface area (Å²) >= 11 is 0. The number of benzene rings is 1. The van der Waals surface area contributed by atoms with E-state index in [1.54, 1.807) is 0 Å². The number of halogens is 1. The van der Waals surface area contributed by atoms with E-state index in [-0.39, 0.29) is 18.2 Å². The quantitative estimate of drug-likeness (QED) is 0.607. The molecule has 1 aromatic carbocycles. The summed E-state index contributed by atoms with van der Waals surface area (Å²) in [5.41, 5.74) is 3.47. The molecule has 1 aliphatic heterocycles. The Hall–Kier alpha value is -2.66. The standard InChI is InChI=1S/C22H25N5O2.ClH/c1-15-13-16(21-18-7-10-27(2)22(18)26-20(14-23)25-21)3-4-19(15)29-12-11-28-17-5-8-24-9-6-17;/h3-4,7,10,13,17,24H,5-6,8-9,11-12H2,1-2H3;1H. The van der Waals surface area contributed by atoms with Crippen LogP contribution in [0.1, 0.15) is 24.2 Å². The Morgan fingerprint density at radius 3 is 2.73 bits per heavy atom. The number of nitrogens with zero attached hydrogens (tertiary/aromatic N) is 4. The fourth-order valence-corrected chi connectivity index (χ4v) is 3.69. The summed E-state index contributed by atoms with van der Waals surface area (Å²) in [5.74, 6) is 1.00. The van der Waals surface area contributed by atoms with Gasteiger partial charge in [-0.25, -0.2) is 9.97 Å². The number of rotatable bonds is 6. The highest BCUT2D eigenvalue weighted by Crippen LogP contribution is 2.30. The van der Waals surface area contributed by atoms with Gasteiger partial charge in [-0.05, 0) is 62.7 Å². The van der Waals surface area contributed by atoms with Gasteiger partial charge < -0.3 is 19.4 Å². The molecule has 0 amide bonds. The number of nitrogens with one attached hydrogen (secondary N) is 1. The van der Waals surface area contributed by atoms with Crippen LogP contribution in [0.15, 0.2) is 30.5 Å². The summed E-state index contributed by atoms with van der Waals surface area (Å²) in [5, 5.41) is 13.6. The minimum absolute atomic E-state index is 0. The molecule has 1 aliphatic rings. The molecule has 0 radical (unpaired) electrons. The van der Waals surface area contributed by atoms with E-state index in [1.165, 1.54) is 0 Å². The predicted octanol–water partition coefficient (Wildman–Crippen LogP) is 3.38. The zero-order valence-corrected chi connectivity index (χ0v) is 18.0. The van der Waals surface area contributed by atoms with Gasteiger partial charge in [-0.3, -0.25) is 0 Å². The Balaban J connectivity index is 0.00000256. The molecule has 158 valence electrons. The van der Waals surface area contributed by atoms with Crippen molar-refractivity contribution < 1.29 is 9.47 Å². The molecule has 0 atom stereocenters. The molecule has 2 aromatic heterocycles. The molecule has 0 unspecified atom stereocenters. The van der Waals surface area contributed by atoms with E-state index in [0.29, 0.717) is 19.3 Å². The Morgan fingerprint density at radius 2 is 2.00 bits per heavy atom. The number of piperidine rings is 1. The van der Waals surface area contributed by atoms with Crippen LogP contribution in [0.2, 0.25) is 0 Å². The highest BCUT2D eigenvalue weighted by molar-refractivity contribution is 5.91. The van der Waals surface area contributed by atoms with Crippen LogP contribution in [0, 0.1) is 18.3 Å². The van der Waals surface area contributed by atoms with E-state index in [2.05, 4.69) is 21.4 Å². The average Bonchev–Trinajstić information content (AvgIpc) is 3.13. The minimum Gasteiger partial charge on any atom is -0.491 e. The predicted molar refractivity (Wildman–Crippen MR) is 118 cm³/mol. The number of hydrogen-bond donors (Lipinski definition) is 1. The van der Waals surface area contributed by atoms with Crippen LogP contribution >= 0.6 is 12.4 Å². The first-order chi connectivity index (χ1) is 14.2. The first kappa shape index (κ1) is 22.0. The second-order valence-electron chi connectivity index (χ2n) is 7.32. The van der Waals surface area contributed by atoms with Crippen molar-refractivity contribution in [3.05, 3.63) is 41.9 Å². The number of ether oxygens (including phenoxy) is 2. The molecule has 1 fully saturated rings. The third-order valence-electron chi connectivity index (χ3n) is 5.25. The molecule has 0 saturated carbocycles. The van der Waals surface area contributed by atoms with Gasteiger partial charge in [0.05, 0.1) is 18.4 Å². The summed E-state index contributed by atoms with van der Waals surface area (Å²) < 4.78 is 13.7. The van der Waals surface area contributed by atoms with Gasteiger partial charge in [0, 0.05) is 24.2 Å². The van der Waals surface area contributed by atoms with E-state index >= 15 is 0 Å². The molecule has 1 saturated heterocycles. The maximum Gasteiger partial charge on any atom is 0.234 e. The molecule has 7 nitrogen and oxygen atoms in total. The topological polar surface area (TPSA) is 85.0 Å².